The second kappa shape index (κ2) is 23.4. The third-order valence-corrected chi connectivity index (χ3v) is 16.7. The molecule has 29 nitrogen and oxygen atoms in total. The molecule has 394 valence electrons. The SMILES string of the molecule is COC1C(OP(=O)(S)OCC2O[C@@H](n3cnc4c(N)ncnc43)C(OC)C2OP(=O)(O)OC2CCOC2COP(=O)(O)OC2CCOC2CO)C(COP(O)(=S)OC(C)C)O[C@H]1C1C=CC(=O)NC1=O. The number of aromatic nitrogens is 4. The average molecular weight is 1110 g/mol. The Balaban J connectivity index is 1.09. The van der Waals surface area contributed by atoms with E-state index in [0.717, 1.165) is 6.08 Å². The Bertz CT molecular complexity index is 2410. The number of nitrogens with one attached hydrogen (secondary N) is 1. The van der Waals surface area contributed by atoms with Gasteiger partial charge in [-0.1, -0.05) is 18.3 Å². The van der Waals surface area contributed by atoms with Gasteiger partial charge >= 0.3 is 29.2 Å². The molecule has 7 rings (SSSR count). The Morgan fingerprint density at radius 2 is 1.47 bits per heavy atom. The number of rotatable bonds is 24. The van der Waals surface area contributed by atoms with Crippen molar-refractivity contribution in [2.45, 2.75) is 106 Å². The first kappa shape index (κ1) is 55.9. The second-order valence-electron chi connectivity index (χ2n) is 16.3. The first-order chi connectivity index (χ1) is 33.0. The standard InChI is InChI=1S/C35H54N6O23P4S2/c1-17(2)60-67(49,69)56-13-23-28(30(51-3)27(58-23)18-5-6-25(43)40-34(18)44)64-68(50,70)57-14-24-29(31(52-4)35(59-24)41-16-39-26-32(36)37-15-38-33(26)41)63-66(47,48)62-20-8-10-54-22(20)12-55-65(45,46)61-19-7-9-53-21(19)11-42/h5-6,15-24,27-31,35,42H,7-14H2,1-4H3,(H,45,46)(H,47,48)(H,49,69)(H,50,70)(H2,36,37,38)(H,40,43,44)/t18?,19?,20?,21?,22?,23?,24?,27-,28?,29?,30?,31?,35+,67?,68?/m0/s1. The van der Waals surface area contributed by atoms with E-state index in [0.29, 0.717) is 0 Å². The number of hydrogen-bond donors (Lipinski definition) is 7. The molecule has 0 aliphatic carbocycles. The van der Waals surface area contributed by atoms with Gasteiger partial charge in [-0.3, -0.25) is 46.6 Å². The number of thiol groups is 1. The van der Waals surface area contributed by atoms with Gasteiger partial charge in [0.05, 0.1) is 44.8 Å². The van der Waals surface area contributed by atoms with Gasteiger partial charge in [-0.15, -0.1) is 0 Å². The monoisotopic (exact) mass is 1110 g/mol. The maximum Gasteiger partial charge on any atom is 0.473 e. The molecule has 0 saturated carbocycles. The molecule has 0 bridgehead atoms. The summed E-state index contributed by atoms with van der Waals surface area (Å²) in [7, 11) is -7.50. The molecule has 35 heteroatoms. The summed E-state index contributed by atoms with van der Waals surface area (Å²) >= 11 is 9.35. The van der Waals surface area contributed by atoms with Gasteiger partial charge in [0.2, 0.25) is 11.8 Å². The minimum atomic E-state index is -5.24. The summed E-state index contributed by atoms with van der Waals surface area (Å²) < 4.78 is 122. The summed E-state index contributed by atoms with van der Waals surface area (Å²) in [4.78, 5) is 69.8. The maximum atomic E-state index is 14.3. The zero-order valence-corrected chi connectivity index (χ0v) is 42.9. The average Bonchev–Trinajstić information content (AvgIpc) is 4.12. The number of aliphatic hydroxyl groups excluding tert-OH is 1. The van der Waals surface area contributed by atoms with E-state index in [9.17, 15) is 43.1 Å². The van der Waals surface area contributed by atoms with Crippen LogP contribution in [0.3, 0.4) is 0 Å². The van der Waals surface area contributed by atoms with Crippen LogP contribution in [0.1, 0.15) is 32.9 Å². The first-order valence-electron chi connectivity index (χ1n) is 21.4. The Hall–Kier alpha value is -1.80. The molecule has 7 N–H and O–H groups in total. The number of nitrogens with two attached hydrogens (primary N) is 1. The highest BCUT2D eigenvalue weighted by Crippen LogP contribution is 2.58. The van der Waals surface area contributed by atoms with Crippen molar-refractivity contribution in [3.8, 4) is 0 Å². The molecule has 5 aliphatic rings. The highest BCUT2D eigenvalue weighted by molar-refractivity contribution is 8.44. The summed E-state index contributed by atoms with van der Waals surface area (Å²) in [6, 6.07) is 0. The predicted molar refractivity (Wildman–Crippen MR) is 242 cm³/mol. The lowest BCUT2D eigenvalue weighted by atomic mass is 9.93. The topological polar surface area (TPSA) is 377 Å². The number of carbonyl (C=O) groups excluding carboxylic acids is 2. The first-order valence-corrected chi connectivity index (χ1v) is 29.6. The largest absolute Gasteiger partial charge is 0.473 e. The van der Waals surface area contributed by atoms with Gasteiger partial charge in [-0.2, -0.15) is 0 Å². The molecule has 4 saturated heterocycles. The number of fused-ring (bicyclic) bond motifs is 1. The van der Waals surface area contributed by atoms with E-state index < -0.39 is 153 Å². The van der Waals surface area contributed by atoms with Gasteiger partial charge in [0.15, 0.2) is 17.7 Å². The van der Waals surface area contributed by atoms with Crippen LogP contribution in [-0.2, 0) is 99.7 Å². The van der Waals surface area contributed by atoms with Crippen LogP contribution in [0.15, 0.2) is 24.8 Å². The van der Waals surface area contributed by atoms with Gasteiger partial charge in [0.25, 0.3) is 0 Å². The van der Waals surface area contributed by atoms with E-state index in [2.05, 4.69) is 32.5 Å². The molecule has 17 atom stereocenters. The highest BCUT2D eigenvalue weighted by atomic mass is 32.7. The highest BCUT2D eigenvalue weighted by Gasteiger charge is 2.55. The molecule has 2 amide bonds. The van der Waals surface area contributed by atoms with Gasteiger partial charge in [0.1, 0.15) is 79.0 Å². The molecule has 5 aliphatic heterocycles. The fourth-order valence-electron chi connectivity index (χ4n) is 8.22. The number of methoxy groups -OCH3 is 2. The summed E-state index contributed by atoms with van der Waals surface area (Å²) in [6.07, 6.45) is -10.5. The quantitative estimate of drug-likeness (QED) is 0.0437. The van der Waals surface area contributed by atoms with Crippen molar-refractivity contribution in [1.82, 2.24) is 24.8 Å². The van der Waals surface area contributed by atoms with Crippen LogP contribution < -0.4 is 11.1 Å². The van der Waals surface area contributed by atoms with Crippen LogP contribution in [-0.4, -0.2) is 178 Å². The Kier molecular flexibility index (Phi) is 18.7. The number of hydrogen-bond acceptors (Lipinski definition) is 25. The number of phosphoric ester groups is 2. The van der Waals surface area contributed by atoms with E-state index in [1.54, 1.807) is 13.8 Å². The van der Waals surface area contributed by atoms with Crippen LogP contribution >= 0.6 is 41.4 Å². The maximum absolute atomic E-state index is 14.3. The number of imide groups is 1. The van der Waals surface area contributed by atoms with Crippen molar-refractivity contribution < 1.29 is 108 Å². The van der Waals surface area contributed by atoms with E-state index in [1.165, 1.54) is 37.5 Å². The fourth-order valence-corrected chi connectivity index (χ4v) is 13.5. The van der Waals surface area contributed by atoms with Crippen molar-refractivity contribution in [3.63, 3.8) is 0 Å². The van der Waals surface area contributed by atoms with Crippen molar-refractivity contribution in [1.29, 1.82) is 0 Å². The smallest absolute Gasteiger partial charge is 0.394 e. The predicted octanol–water partition coefficient (Wildman–Crippen LogP) is 0.973. The number of phosphoric acid groups is 2. The van der Waals surface area contributed by atoms with Gasteiger partial charge < -0.3 is 63.0 Å². The number of imidazole rings is 1. The normalized spacial score (nSPS) is 35.0. The van der Waals surface area contributed by atoms with Crippen molar-refractivity contribution in [3.05, 3.63) is 24.8 Å². The van der Waals surface area contributed by atoms with Crippen LogP contribution in [0.4, 0.5) is 5.82 Å². The summed E-state index contributed by atoms with van der Waals surface area (Å²) in [5.41, 5.74) is 6.36. The van der Waals surface area contributed by atoms with Gasteiger partial charge in [-0.25, -0.2) is 28.6 Å². The molecular formula is C35H54N6O23P4S2. The van der Waals surface area contributed by atoms with Crippen LogP contribution in [0, 0.1) is 5.92 Å². The third kappa shape index (κ3) is 13.7. The molecule has 15 unspecified atom stereocenters. The van der Waals surface area contributed by atoms with Crippen LogP contribution in [0.25, 0.3) is 11.2 Å². The van der Waals surface area contributed by atoms with Gasteiger partial charge in [-0.05, 0) is 25.7 Å². The second-order valence-corrected chi connectivity index (χ2v) is 24.8. The number of ether oxygens (including phenoxy) is 6. The molecule has 2 aromatic heterocycles. The Morgan fingerprint density at radius 3 is 2.14 bits per heavy atom. The Morgan fingerprint density at radius 1 is 0.843 bits per heavy atom. The lowest BCUT2D eigenvalue weighted by molar-refractivity contribution is -0.136. The fraction of sp³-hybridized carbons (Fsp3) is 0.743. The number of anilines is 1. The number of nitrogen functional groups attached to an aromatic ring is 1. The van der Waals surface area contributed by atoms with Crippen molar-refractivity contribution in [2.24, 2.45) is 5.92 Å². The molecule has 0 spiro atoms. The molecule has 2 aromatic rings. The minimum absolute atomic E-state index is 0.00619. The van der Waals surface area contributed by atoms with Crippen molar-refractivity contribution >= 4 is 82.0 Å². The summed E-state index contributed by atoms with van der Waals surface area (Å²) in [5, 5.41) is 11.7. The third-order valence-electron chi connectivity index (χ3n) is 11.3. The summed E-state index contributed by atoms with van der Waals surface area (Å²) in [6.45, 7) is -7.56. The minimum Gasteiger partial charge on any atom is -0.394 e. The number of carbonyl (C=O) groups is 2. The van der Waals surface area contributed by atoms with E-state index in [1.807, 2.05) is 0 Å². The zero-order chi connectivity index (χ0) is 50.8. The lowest BCUT2D eigenvalue weighted by Crippen LogP contribution is -2.47. The van der Waals surface area contributed by atoms with Gasteiger partial charge in [0, 0.05) is 46.4 Å². The molecule has 70 heavy (non-hydrogen) atoms. The number of amides is 2. The molecule has 0 aromatic carbocycles. The van der Waals surface area contributed by atoms with E-state index in [4.69, 9.17) is 82.2 Å². The van der Waals surface area contributed by atoms with Crippen LogP contribution in [0.5, 0.6) is 0 Å². The lowest BCUT2D eigenvalue weighted by Gasteiger charge is -2.29. The molecular weight excluding hydrogens is 1060 g/mol. The molecule has 7 heterocycles. The zero-order valence-electron chi connectivity index (χ0n) is 37.6. The number of aliphatic hydroxyl groups is 1. The number of nitrogens with zero attached hydrogens (tertiary/aromatic N) is 4. The van der Waals surface area contributed by atoms with E-state index >= 15 is 0 Å². The Labute approximate surface area is 409 Å². The molecule has 0 radical (unpaired) electrons. The van der Waals surface area contributed by atoms with E-state index in [-0.39, 0.29) is 43.0 Å². The van der Waals surface area contributed by atoms with Crippen molar-refractivity contribution in [2.75, 3.05) is 59.6 Å². The van der Waals surface area contributed by atoms with Crippen LogP contribution in [0.2, 0.25) is 0 Å². The summed E-state index contributed by atoms with van der Waals surface area (Å²) in [5.74, 6) is -2.52. The molecule has 4 fully saturated rings.